The lowest BCUT2D eigenvalue weighted by atomic mass is 10.00. The van der Waals surface area contributed by atoms with Crippen molar-refractivity contribution in [2.75, 3.05) is 31.2 Å². The van der Waals surface area contributed by atoms with Gasteiger partial charge < -0.3 is 15.0 Å². The molecular formula is C20H28N2O3. The van der Waals surface area contributed by atoms with E-state index in [0.717, 1.165) is 31.7 Å². The van der Waals surface area contributed by atoms with Crippen molar-refractivity contribution in [3.63, 3.8) is 0 Å². The lowest BCUT2D eigenvalue weighted by Crippen LogP contribution is -2.37. The van der Waals surface area contributed by atoms with E-state index in [0.29, 0.717) is 31.3 Å². The van der Waals surface area contributed by atoms with E-state index >= 15 is 0 Å². The Bertz CT molecular complexity index is 606. The van der Waals surface area contributed by atoms with Gasteiger partial charge in [-0.3, -0.25) is 9.59 Å². The van der Waals surface area contributed by atoms with Gasteiger partial charge in [0.2, 0.25) is 11.8 Å². The normalized spacial score (nSPS) is 21.8. The first kappa shape index (κ1) is 17.9. The Morgan fingerprint density at radius 3 is 2.56 bits per heavy atom. The van der Waals surface area contributed by atoms with Crippen LogP contribution in [0.25, 0.3) is 0 Å². The molecular weight excluding hydrogens is 316 g/mol. The van der Waals surface area contributed by atoms with Gasteiger partial charge in [-0.2, -0.15) is 0 Å². The molecule has 0 saturated carbocycles. The second-order valence-corrected chi connectivity index (χ2v) is 7.45. The maximum Gasteiger partial charge on any atom is 0.227 e. The summed E-state index contributed by atoms with van der Waals surface area (Å²) in [5.74, 6) is 0.739. The number of anilines is 1. The number of benzene rings is 1. The van der Waals surface area contributed by atoms with Crippen LogP contribution in [0.4, 0.5) is 5.69 Å². The number of amides is 2. The van der Waals surface area contributed by atoms with Crippen molar-refractivity contribution < 1.29 is 14.3 Å². The van der Waals surface area contributed by atoms with Crippen molar-refractivity contribution in [1.29, 1.82) is 0 Å². The minimum atomic E-state index is -0.253. The third-order valence-electron chi connectivity index (χ3n) is 5.27. The van der Waals surface area contributed by atoms with E-state index in [2.05, 4.69) is 31.3 Å². The van der Waals surface area contributed by atoms with Crippen molar-refractivity contribution >= 4 is 17.5 Å². The first-order valence-electron chi connectivity index (χ1n) is 9.30. The molecule has 1 N–H and O–H groups in total. The first-order chi connectivity index (χ1) is 12.0. The van der Waals surface area contributed by atoms with Gasteiger partial charge in [0, 0.05) is 38.4 Å². The fourth-order valence-electron chi connectivity index (χ4n) is 3.51. The molecule has 0 aromatic heterocycles. The summed E-state index contributed by atoms with van der Waals surface area (Å²) in [6.45, 7) is 7.02. The Kier molecular flexibility index (Phi) is 5.74. The smallest absolute Gasteiger partial charge is 0.227 e. The highest BCUT2D eigenvalue weighted by Gasteiger charge is 2.35. The Labute approximate surface area is 149 Å². The fraction of sp³-hybridized carbons (Fsp3) is 0.600. The van der Waals surface area contributed by atoms with Crippen LogP contribution in [0.3, 0.4) is 0 Å². The van der Waals surface area contributed by atoms with Gasteiger partial charge in [-0.25, -0.2) is 0 Å². The van der Waals surface area contributed by atoms with E-state index in [1.807, 2.05) is 12.1 Å². The third kappa shape index (κ3) is 4.40. The highest BCUT2D eigenvalue weighted by molar-refractivity contribution is 6.00. The topological polar surface area (TPSA) is 58.6 Å². The van der Waals surface area contributed by atoms with Gasteiger partial charge in [0.1, 0.15) is 0 Å². The Morgan fingerprint density at radius 2 is 1.92 bits per heavy atom. The predicted molar refractivity (Wildman–Crippen MR) is 97.5 cm³/mol. The molecule has 2 fully saturated rings. The predicted octanol–water partition coefficient (Wildman–Crippen LogP) is 2.71. The van der Waals surface area contributed by atoms with Crippen LogP contribution in [0.1, 0.15) is 44.6 Å². The average Bonchev–Trinajstić information content (AvgIpc) is 3.02. The van der Waals surface area contributed by atoms with E-state index in [1.54, 1.807) is 4.90 Å². The van der Waals surface area contributed by atoms with Crippen molar-refractivity contribution in [2.45, 2.75) is 39.0 Å². The first-order valence-corrected chi connectivity index (χ1v) is 9.30. The zero-order valence-corrected chi connectivity index (χ0v) is 15.2. The van der Waals surface area contributed by atoms with Crippen LogP contribution in [0.5, 0.6) is 0 Å². The van der Waals surface area contributed by atoms with E-state index in [1.165, 1.54) is 5.56 Å². The zero-order chi connectivity index (χ0) is 17.8. The quantitative estimate of drug-likeness (QED) is 0.893. The summed E-state index contributed by atoms with van der Waals surface area (Å²) >= 11 is 0. The van der Waals surface area contributed by atoms with Gasteiger partial charge >= 0.3 is 0 Å². The monoisotopic (exact) mass is 344 g/mol. The van der Waals surface area contributed by atoms with Gasteiger partial charge in [-0.15, -0.1) is 0 Å². The lowest BCUT2D eigenvalue weighted by molar-refractivity contribution is -0.126. The number of rotatable bonds is 5. The molecule has 3 rings (SSSR count). The van der Waals surface area contributed by atoms with E-state index < -0.39 is 0 Å². The molecule has 25 heavy (non-hydrogen) atoms. The fourth-order valence-corrected chi connectivity index (χ4v) is 3.51. The highest BCUT2D eigenvalue weighted by atomic mass is 16.5. The molecule has 1 aromatic carbocycles. The summed E-state index contributed by atoms with van der Waals surface area (Å²) in [6.07, 6.45) is 2.29. The van der Waals surface area contributed by atoms with Gasteiger partial charge in [-0.1, -0.05) is 26.0 Å². The number of carbonyl (C=O) groups excluding carboxylic acids is 2. The largest absolute Gasteiger partial charge is 0.381 e. The van der Waals surface area contributed by atoms with Crippen LogP contribution in [-0.4, -0.2) is 38.1 Å². The summed E-state index contributed by atoms with van der Waals surface area (Å²) in [5.41, 5.74) is 2.13. The molecule has 5 heteroatoms. The maximum absolute atomic E-state index is 12.4. The number of nitrogens with zero attached hydrogens (tertiary/aromatic N) is 1. The van der Waals surface area contributed by atoms with Crippen molar-refractivity contribution in [1.82, 2.24) is 5.32 Å². The molecule has 5 nitrogen and oxygen atoms in total. The number of nitrogens with one attached hydrogen (secondary N) is 1. The maximum atomic E-state index is 12.4. The Balaban J connectivity index is 1.55. The highest BCUT2D eigenvalue weighted by Crippen LogP contribution is 2.27. The molecule has 2 saturated heterocycles. The minimum Gasteiger partial charge on any atom is -0.381 e. The molecule has 2 aliphatic heterocycles. The summed E-state index contributed by atoms with van der Waals surface area (Å²) in [7, 11) is 0. The van der Waals surface area contributed by atoms with E-state index in [-0.39, 0.29) is 17.7 Å². The molecule has 0 radical (unpaired) electrons. The van der Waals surface area contributed by atoms with Crippen LogP contribution >= 0.6 is 0 Å². The van der Waals surface area contributed by atoms with Crippen LogP contribution in [0, 0.1) is 11.8 Å². The van der Waals surface area contributed by atoms with Crippen molar-refractivity contribution in [2.24, 2.45) is 11.8 Å². The molecule has 2 aliphatic rings. The van der Waals surface area contributed by atoms with Gasteiger partial charge in [0.25, 0.3) is 0 Å². The number of hydrogen-bond donors (Lipinski definition) is 1. The molecule has 1 aromatic rings. The Hall–Kier alpha value is -1.88. The molecule has 0 spiro atoms. The summed E-state index contributed by atoms with van der Waals surface area (Å²) in [5, 5.41) is 3.04. The van der Waals surface area contributed by atoms with E-state index in [9.17, 15) is 9.59 Å². The van der Waals surface area contributed by atoms with Gasteiger partial charge in [0.15, 0.2) is 0 Å². The van der Waals surface area contributed by atoms with Crippen molar-refractivity contribution in [3.05, 3.63) is 29.8 Å². The van der Waals surface area contributed by atoms with Gasteiger partial charge in [0.05, 0.1) is 5.92 Å². The number of carbonyl (C=O) groups is 2. The lowest BCUT2D eigenvalue weighted by Gasteiger charge is -2.23. The van der Waals surface area contributed by atoms with Crippen molar-refractivity contribution in [3.8, 4) is 0 Å². The van der Waals surface area contributed by atoms with Crippen LogP contribution in [0.2, 0.25) is 0 Å². The Morgan fingerprint density at radius 1 is 1.24 bits per heavy atom. The summed E-state index contributed by atoms with van der Waals surface area (Å²) in [6, 6.07) is 8.09. The van der Waals surface area contributed by atoms with Gasteiger partial charge in [-0.05, 0) is 42.4 Å². The average molecular weight is 344 g/mol. The second kappa shape index (κ2) is 8.00. The molecule has 2 heterocycles. The van der Waals surface area contributed by atoms with Crippen LogP contribution < -0.4 is 10.2 Å². The zero-order valence-electron chi connectivity index (χ0n) is 15.2. The number of ether oxygens (including phenoxy) is 1. The summed E-state index contributed by atoms with van der Waals surface area (Å²) < 4.78 is 5.34. The molecule has 0 aliphatic carbocycles. The molecule has 136 valence electrons. The standard InChI is InChI=1S/C20H28N2O3/c1-14(2)16-3-5-18(6-4-16)22-13-17(11-19(22)23)20(24)21-12-15-7-9-25-10-8-15/h3-6,14-15,17H,7-13H2,1-2H3,(H,21,24)/t17-/m0/s1. The third-order valence-corrected chi connectivity index (χ3v) is 5.27. The molecule has 0 bridgehead atoms. The second-order valence-electron chi connectivity index (χ2n) is 7.45. The van der Waals surface area contributed by atoms with Crippen LogP contribution in [0.15, 0.2) is 24.3 Å². The molecule has 2 amide bonds. The molecule has 0 unspecified atom stereocenters. The summed E-state index contributed by atoms with van der Waals surface area (Å²) in [4.78, 5) is 26.5. The SMILES string of the molecule is CC(C)c1ccc(N2C[C@@H](C(=O)NCC3CCOCC3)CC2=O)cc1. The minimum absolute atomic E-state index is 0.00106. The van der Waals surface area contributed by atoms with Crippen LogP contribution in [-0.2, 0) is 14.3 Å². The molecule has 1 atom stereocenters. The van der Waals surface area contributed by atoms with E-state index in [4.69, 9.17) is 4.74 Å². The number of hydrogen-bond acceptors (Lipinski definition) is 3.